The molecule has 2 N–H and O–H groups in total. The first-order valence-electron chi connectivity index (χ1n) is 8.77. The van der Waals surface area contributed by atoms with E-state index < -0.39 is 11.8 Å². The molecule has 5 nitrogen and oxygen atoms in total. The number of aromatic nitrogens is 1. The lowest BCUT2D eigenvalue weighted by atomic mass is 10.0. The van der Waals surface area contributed by atoms with Gasteiger partial charge < -0.3 is 15.0 Å². The summed E-state index contributed by atoms with van der Waals surface area (Å²) in [6, 6.07) is 18.0. The zero-order chi connectivity index (χ0) is 19.7. The van der Waals surface area contributed by atoms with E-state index in [1.807, 2.05) is 42.5 Å². The number of carbonyl (C=O) groups excluding carboxylic acids is 1. The Morgan fingerprint density at radius 2 is 1.86 bits per heavy atom. The van der Waals surface area contributed by atoms with E-state index in [-0.39, 0.29) is 12.2 Å². The Morgan fingerprint density at radius 3 is 2.64 bits per heavy atom. The van der Waals surface area contributed by atoms with Gasteiger partial charge in [0, 0.05) is 29.6 Å². The van der Waals surface area contributed by atoms with Crippen molar-refractivity contribution in [3.8, 4) is 0 Å². The summed E-state index contributed by atoms with van der Waals surface area (Å²) < 4.78 is 15.5. The maximum atomic E-state index is 13.9. The molecule has 0 aliphatic heterocycles. The molecule has 6 heteroatoms. The summed E-state index contributed by atoms with van der Waals surface area (Å²) in [5.74, 6) is -1.58. The molecule has 0 spiro atoms. The third-order valence-corrected chi connectivity index (χ3v) is 4.90. The van der Waals surface area contributed by atoms with Crippen LogP contribution in [-0.2, 0) is 17.9 Å². The third kappa shape index (κ3) is 2.99. The largest absolute Gasteiger partial charge is 0.477 e. The quantitative estimate of drug-likeness (QED) is 0.501. The van der Waals surface area contributed by atoms with Crippen LogP contribution in [0.25, 0.3) is 21.7 Å². The van der Waals surface area contributed by atoms with Crippen molar-refractivity contribution in [1.82, 2.24) is 9.88 Å². The van der Waals surface area contributed by atoms with Crippen LogP contribution in [0.5, 0.6) is 0 Å². The molecule has 1 heterocycles. The summed E-state index contributed by atoms with van der Waals surface area (Å²) in [7, 11) is 0. The zero-order valence-electron chi connectivity index (χ0n) is 14.9. The van der Waals surface area contributed by atoms with Gasteiger partial charge in [0.15, 0.2) is 0 Å². The lowest BCUT2D eigenvalue weighted by molar-refractivity contribution is -0.109. The van der Waals surface area contributed by atoms with Crippen LogP contribution in [0.1, 0.15) is 21.6 Å². The number of carbonyl (C=O) groups is 2. The highest BCUT2D eigenvalue weighted by atomic mass is 19.1. The van der Waals surface area contributed by atoms with E-state index >= 15 is 0 Å². The van der Waals surface area contributed by atoms with Gasteiger partial charge in [-0.15, -0.1) is 0 Å². The first-order chi connectivity index (χ1) is 13.6. The summed E-state index contributed by atoms with van der Waals surface area (Å²) in [5.41, 5.74) is 1.99. The second-order valence-corrected chi connectivity index (χ2v) is 6.52. The van der Waals surface area contributed by atoms with Crippen molar-refractivity contribution in [1.29, 1.82) is 0 Å². The standard InChI is InChI=1S/C22H17FN2O3/c23-16-8-9-20-18(10-16)19(11-24-13-26)21(22(27)28)25(20)12-15-6-3-5-14-4-1-2-7-17(14)15/h1-10,13H,11-12H2,(H,24,26)(H,27,28). The lowest BCUT2D eigenvalue weighted by Crippen LogP contribution is -2.16. The predicted octanol–water partition coefficient (Wildman–Crippen LogP) is 3.93. The summed E-state index contributed by atoms with van der Waals surface area (Å²) in [4.78, 5) is 22.9. The van der Waals surface area contributed by atoms with Crippen LogP contribution < -0.4 is 5.32 Å². The number of carboxylic acid groups (broad SMARTS) is 1. The number of nitrogens with zero attached hydrogens (tertiary/aromatic N) is 1. The molecule has 0 aliphatic rings. The Balaban J connectivity index is 1.96. The van der Waals surface area contributed by atoms with E-state index in [1.54, 1.807) is 10.6 Å². The number of rotatable bonds is 6. The molecule has 28 heavy (non-hydrogen) atoms. The lowest BCUT2D eigenvalue weighted by Gasteiger charge is -2.12. The van der Waals surface area contributed by atoms with Gasteiger partial charge in [-0.05, 0) is 34.5 Å². The van der Waals surface area contributed by atoms with Crippen molar-refractivity contribution in [2.45, 2.75) is 13.1 Å². The van der Waals surface area contributed by atoms with E-state index in [1.165, 1.54) is 12.1 Å². The first-order valence-corrected chi connectivity index (χ1v) is 8.77. The second kappa shape index (κ2) is 7.15. The van der Waals surface area contributed by atoms with Crippen LogP contribution in [0.2, 0.25) is 0 Å². The minimum absolute atomic E-state index is 0.00756. The highest BCUT2D eigenvalue weighted by Crippen LogP contribution is 2.30. The minimum atomic E-state index is -1.13. The number of nitrogens with one attached hydrogen (secondary N) is 1. The van der Waals surface area contributed by atoms with E-state index in [9.17, 15) is 19.1 Å². The molecule has 1 aromatic heterocycles. The summed E-state index contributed by atoms with van der Waals surface area (Å²) in [5, 5.41) is 14.9. The molecule has 0 bridgehead atoms. The van der Waals surface area contributed by atoms with Crippen LogP contribution in [0, 0.1) is 5.82 Å². The van der Waals surface area contributed by atoms with Crippen LogP contribution in [0.3, 0.4) is 0 Å². The van der Waals surface area contributed by atoms with E-state index in [0.29, 0.717) is 29.4 Å². The molecule has 0 fully saturated rings. The van der Waals surface area contributed by atoms with Crippen molar-refractivity contribution in [2.24, 2.45) is 0 Å². The van der Waals surface area contributed by atoms with Crippen LogP contribution in [0.15, 0.2) is 60.7 Å². The van der Waals surface area contributed by atoms with Crippen molar-refractivity contribution in [2.75, 3.05) is 0 Å². The van der Waals surface area contributed by atoms with Crippen molar-refractivity contribution >= 4 is 34.1 Å². The van der Waals surface area contributed by atoms with E-state index in [0.717, 1.165) is 16.3 Å². The average Bonchev–Trinajstić information content (AvgIpc) is 2.99. The highest BCUT2D eigenvalue weighted by molar-refractivity contribution is 5.98. The number of halogens is 1. The fourth-order valence-corrected chi connectivity index (χ4v) is 3.73. The van der Waals surface area contributed by atoms with Gasteiger partial charge in [-0.3, -0.25) is 4.79 Å². The third-order valence-electron chi connectivity index (χ3n) is 4.90. The van der Waals surface area contributed by atoms with Gasteiger partial charge in [0.2, 0.25) is 6.41 Å². The van der Waals surface area contributed by atoms with E-state index in [4.69, 9.17) is 0 Å². The number of hydrogen-bond acceptors (Lipinski definition) is 2. The van der Waals surface area contributed by atoms with Gasteiger partial charge in [0.25, 0.3) is 0 Å². The van der Waals surface area contributed by atoms with Crippen molar-refractivity contribution in [3.63, 3.8) is 0 Å². The molecule has 0 aliphatic carbocycles. The molecule has 0 atom stereocenters. The fourth-order valence-electron chi connectivity index (χ4n) is 3.73. The van der Waals surface area contributed by atoms with Crippen molar-refractivity contribution < 1.29 is 19.1 Å². The number of benzene rings is 3. The van der Waals surface area contributed by atoms with Crippen LogP contribution >= 0.6 is 0 Å². The van der Waals surface area contributed by atoms with Gasteiger partial charge in [0.1, 0.15) is 11.5 Å². The molecule has 3 aromatic carbocycles. The van der Waals surface area contributed by atoms with Gasteiger partial charge in [-0.2, -0.15) is 0 Å². The molecule has 140 valence electrons. The van der Waals surface area contributed by atoms with Gasteiger partial charge in [-0.25, -0.2) is 9.18 Å². The monoisotopic (exact) mass is 376 g/mol. The van der Waals surface area contributed by atoms with Gasteiger partial charge >= 0.3 is 5.97 Å². The molecule has 0 unspecified atom stereocenters. The zero-order valence-corrected chi connectivity index (χ0v) is 14.9. The van der Waals surface area contributed by atoms with Crippen LogP contribution in [-0.4, -0.2) is 22.1 Å². The summed E-state index contributed by atoms with van der Waals surface area (Å²) in [6.07, 6.45) is 0.499. The van der Waals surface area contributed by atoms with Crippen molar-refractivity contribution in [3.05, 3.63) is 83.3 Å². The summed E-state index contributed by atoms with van der Waals surface area (Å²) >= 11 is 0. The number of amides is 1. The van der Waals surface area contributed by atoms with Gasteiger partial charge in [-0.1, -0.05) is 42.5 Å². The molecule has 0 saturated heterocycles. The number of fused-ring (bicyclic) bond motifs is 2. The first kappa shape index (κ1) is 17.7. The predicted molar refractivity (Wildman–Crippen MR) is 105 cm³/mol. The topological polar surface area (TPSA) is 71.3 Å². The molecule has 4 aromatic rings. The minimum Gasteiger partial charge on any atom is -0.477 e. The Kier molecular flexibility index (Phi) is 4.53. The normalized spacial score (nSPS) is 11.0. The summed E-state index contributed by atoms with van der Waals surface area (Å²) in [6.45, 7) is 0.319. The molecule has 0 radical (unpaired) electrons. The second-order valence-electron chi connectivity index (χ2n) is 6.52. The average molecular weight is 376 g/mol. The number of aromatic carboxylic acids is 1. The Hall–Kier alpha value is -3.67. The van der Waals surface area contributed by atoms with Gasteiger partial charge in [0.05, 0.1) is 0 Å². The Labute approximate surface area is 160 Å². The molecule has 0 saturated carbocycles. The molecular weight excluding hydrogens is 359 g/mol. The molecular formula is C22H17FN2O3. The molecule has 1 amide bonds. The fraction of sp³-hybridized carbons (Fsp3) is 0.0909. The smallest absolute Gasteiger partial charge is 0.352 e. The number of carboxylic acids is 1. The Bertz CT molecular complexity index is 1210. The maximum absolute atomic E-state index is 13.9. The molecule has 4 rings (SSSR count). The highest BCUT2D eigenvalue weighted by Gasteiger charge is 2.23. The Morgan fingerprint density at radius 1 is 1.07 bits per heavy atom. The number of hydrogen-bond donors (Lipinski definition) is 2. The van der Waals surface area contributed by atoms with E-state index in [2.05, 4.69) is 5.32 Å². The SMILES string of the molecule is O=CNCc1c(C(=O)O)n(Cc2cccc3ccccc23)c2ccc(F)cc12. The van der Waals surface area contributed by atoms with Crippen LogP contribution in [0.4, 0.5) is 4.39 Å². The maximum Gasteiger partial charge on any atom is 0.352 e.